The molecule has 0 heterocycles. The largest absolute Gasteiger partial charge is 0.497 e. The van der Waals surface area contributed by atoms with E-state index in [1.165, 1.54) is 19.2 Å². The van der Waals surface area contributed by atoms with Crippen molar-refractivity contribution in [1.29, 1.82) is 0 Å². The molecule has 0 aliphatic heterocycles. The Morgan fingerprint density at radius 1 is 1.16 bits per heavy atom. The number of hydrogen-bond acceptors (Lipinski definition) is 2. The van der Waals surface area contributed by atoms with Crippen molar-refractivity contribution < 1.29 is 13.5 Å². The number of methoxy groups -OCH3 is 1. The summed E-state index contributed by atoms with van der Waals surface area (Å²) in [7, 11) is 1.51. The average Bonchev–Trinajstić information content (AvgIpc) is 2.41. The first-order valence-corrected chi connectivity index (χ1v) is 5.95. The van der Waals surface area contributed by atoms with Crippen molar-refractivity contribution in [2.24, 2.45) is 5.73 Å². The van der Waals surface area contributed by atoms with Crippen LogP contribution in [0.1, 0.15) is 17.2 Å². The zero-order chi connectivity index (χ0) is 14.0. The molecular formula is C14H12ClF2NO. The van der Waals surface area contributed by atoms with Crippen LogP contribution in [-0.4, -0.2) is 7.11 Å². The van der Waals surface area contributed by atoms with Gasteiger partial charge >= 0.3 is 0 Å². The zero-order valence-corrected chi connectivity index (χ0v) is 10.9. The summed E-state index contributed by atoms with van der Waals surface area (Å²) < 4.78 is 31.9. The van der Waals surface area contributed by atoms with Crippen molar-refractivity contribution in [3.8, 4) is 5.75 Å². The smallest absolute Gasteiger partial charge is 0.163 e. The van der Waals surface area contributed by atoms with Crippen LogP contribution in [-0.2, 0) is 0 Å². The lowest BCUT2D eigenvalue weighted by atomic mass is 9.99. The Morgan fingerprint density at radius 2 is 1.89 bits per heavy atom. The maximum absolute atomic E-state index is 13.7. The molecule has 5 heteroatoms. The zero-order valence-electron chi connectivity index (χ0n) is 10.2. The molecule has 0 radical (unpaired) electrons. The first-order chi connectivity index (χ1) is 9.04. The van der Waals surface area contributed by atoms with Crippen molar-refractivity contribution in [2.45, 2.75) is 6.04 Å². The van der Waals surface area contributed by atoms with Crippen molar-refractivity contribution >= 4 is 11.6 Å². The third-order valence-electron chi connectivity index (χ3n) is 2.86. The Morgan fingerprint density at radius 3 is 2.53 bits per heavy atom. The molecule has 100 valence electrons. The number of benzene rings is 2. The molecule has 1 unspecified atom stereocenters. The summed E-state index contributed by atoms with van der Waals surface area (Å²) in [6.07, 6.45) is 0. The highest BCUT2D eigenvalue weighted by atomic mass is 35.5. The number of rotatable bonds is 3. The van der Waals surface area contributed by atoms with Gasteiger partial charge in [0.15, 0.2) is 11.6 Å². The maximum Gasteiger partial charge on any atom is 0.163 e. The number of halogens is 3. The molecule has 2 N–H and O–H groups in total. The molecule has 0 aromatic heterocycles. The van der Waals surface area contributed by atoms with Crippen LogP contribution in [0.25, 0.3) is 0 Å². The maximum atomic E-state index is 13.7. The summed E-state index contributed by atoms with van der Waals surface area (Å²) in [4.78, 5) is 0. The molecule has 2 aromatic carbocycles. The quantitative estimate of drug-likeness (QED) is 0.933. The molecule has 0 aliphatic rings. The fraction of sp³-hybridized carbons (Fsp3) is 0.143. The van der Waals surface area contributed by atoms with Gasteiger partial charge in [-0.05, 0) is 23.8 Å². The summed E-state index contributed by atoms with van der Waals surface area (Å²) in [6.45, 7) is 0. The Balaban J connectivity index is 2.44. The lowest BCUT2D eigenvalue weighted by molar-refractivity contribution is 0.414. The third-order valence-corrected chi connectivity index (χ3v) is 3.19. The normalized spacial score (nSPS) is 12.3. The van der Waals surface area contributed by atoms with Crippen LogP contribution in [0.5, 0.6) is 5.75 Å². The van der Waals surface area contributed by atoms with E-state index in [-0.39, 0.29) is 5.56 Å². The monoisotopic (exact) mass is 283 g/mol. The fourth-order valence-electron chi connectivity index (χ4n) is 1.82. The van der Waals surface area contributed by atoms with Crippen LogP contribution in [0.2, 0.25) is 5.02 Å². The highest BCUT2D eigenvalue weighted by Gasteiger charge is 2.18. The van der Waals surface area contributed by atoms with Gasteiger partial charge in [0, 0.05) is 10.6 Å². The molecule has 0 saturated carbocycles. The van der Waals surface area contributed by atoms with E-state index in [0.29, 0.717) is 16.3 Å². The number of hydrogen-bond donors (Lipinski definition) is 1. The minimum atomic E-state index is -0.957. The number of nitrogens with two attached hydrogens (primary N) is 1. The molecule has 0 spiro atoms. The SMILES string of the molecule is COc1ccc(C(N)c2cccc(F)c2F)c(Cl)c1. The lowest BCUT2D eigenvalue weighted by Gasteiger charge is -2.16. The Labute approximate surface area is 114 Å². The molecule has 1 atom stereocenters. The van der Waals surface area contributed by atoms with Crippen LogP contribution in [0, 0.1) is 11.6 Å². The molecule has 2 nitrogen and oxygen atoms in total. The Hall–Kier alpha value is -1.65. The van der Waals surface area contributed by atoms with Gasteiger partial charge in [0.05, 0.1) is 13.2 Å². The van der Waals surface area contributed by atoms with Crippen molar-refractivity contribution in [2.75, 3.05) is 7.11 Å². The van der Waals surface area contributed by atoms with E-state index in [0.717, 1.165) is 6.07 Å². The lowest BCUT2D eigenvalue weighted by Crippen LogP contribution is -2.15. The first kappa shape index (κ1) is 13.8. The van der Waals surface area contributed by atoms with Gasteiger partial charge in [-0.15, -0.1) is 0 Å². The molecule has 0 bridgehead atoms. The van der Waals surface area contributed by atoms with Crippen LogP contribution in [0.4, 0.5) is 8.78 Å². The predicted octanol–water partition coefficient (Wildman–Crippen LogP) is 3.67. The van der Waals surface area contributed by atoms with Crippen LogP contribution >= 0.6 is 11.6 Å². The molecular weight excluding hydrogens is 272 g/mol. The topological polar surface area (TPSA) is 35.2 Å². The van der Waals surface area contributed by atoms with Crippen LogP contribution < -0.4 is 10.5 Å². The molecule has 0 amide bonds. The Kier molecular flexibility index (Phi) is 4.02. The van der Waals surface area contributed by atoms with Gasteiger partial charge in [-0.3, -0.25) is 0 Å². The van der Waals surface area contributed by atoms with E-state index in [2.05, 4.69) is 0 Å². The van der Waals surface area contributed by atoms with Crippen molar-refractivity contribution in [1.82, 2.24) is 0 Å². The number of ether oxygens (including phenoxy) is 1. The standard InChI is InChI=1S/C14H12ClF2NO/c1-19-8-5-6-9(11(15)7-8)14(18)10-3-2-4-12(16)13(10)17/h2-7,14H,18H2,1H3. The molecule has 19 heavy (non-hydrogen) atoms. The highest BCUT2D eigenvalue weighted by molar-refractivity contribution is 6.31. The molecule has 2 aromatic rings. The second-order valence-corrected chi connectivity index (χ2v) is 4.42. The van der Waals surface area contributed by atoms with Gasteiger partial charge in [0.1, 0.15) is 5.75 Å². The van der Waals surface area contributed by atoms with E-state index in [4.69, 9.17) is 22.1 Å². The molecule has 0 aliphatic carbocycles. The summed E-state index contributed by atoms with van der Waals surface area (Å²) in [6, 6.07) is 7.92. The second-order valence-electron chi connectivity index (χ2n) is 4.01. The summed E-state index contributed by atoms with van der Waals surface area (Å²) in [5, 5.41) is 0.343. The van der Waals surface area contributed by atoms with Crippen LogP contribution in [0.3, 0.4) is 0 Å². The van der Waals surface area contributed by atoms with Crippen LogP contribution in [0.15, 0.2) is 36.4 Å². The van der Waals surface area contributed by atoms with Gasteiger partial charge in [-0.1, -0.05) is 29.8 Å². The first-order valence-electron chi connectivity index (χ1n) is 5.57. The van der Waals surface area contributed by atoms with Crippen molar-refractivity contribution in [3.63, 3.8) is 0 Å². The minimum absolute atomic E-state index is 0.0621. The van der Waals surface area contributed by atoms with Gasteiger partial charge < -0.3 is 10.5 Å². The second kappa shape index (κ2) is 5.55. The van der Waals surface area contributed by atoms with E-state index in [9.17, 15) is 8.78 Å². The summed E-state index contributed by atoms with van der Waals surface area (Å²) >= 11 is 6.07. The minimum Gasteiger partial charge on any atom is -0.497 e. The van der Waals surface area contributed by atoms with E-state index >= 15 is 0 Å². The Bertz CT molecular complexity index is 604. The molecule has 2 rings (SSSR count). The van der Waals surface area contributed by atoms with Gasteiger partial charge in [-0.2, -0.15) is 0 Å². The fourth-order valence-corrected chi connectivity index (χ4v) is 2.10. The predicted molar refractivity (Wildman–Crippen MR) is 70.4 cm³/mol. The summed E-state index contributed by atoms with van der Waals surface area (Å²) in [5.74, 6) is -1.32. The highest BCUT2D eigenvalue weighted by Crippen LogP contribution is 2.31. The van der Waals surface area contributed by atoms with Gasteiger partial charge in [0.2, 0.25) is 0 Å². The molecule has 0 fully saturated rings. The van der Waals surface area contributed by atoms with E-state index < -0.39 is 17.7 Å². The van der Waals surface area contributed by atoms with Gasteiger partial charge in [-0.25, -0.2) is 8.78 Å². The third kappa shape index (κ3) is 2.69. The van der Waals surface area contributed by atoms with E-state index in [1.54, 1.807) is 18.2 Å². The van der Waals surface area contributed by atoms with Gasteiger partial charge in [0.25, 0.3) is 0 Å². The average molecular weight is 284 g/mol. The van der Waals surface area contributed by atoms with Crippen molar-refractivity contribution in [3.05, 3.63) is 64.2 Å². The summed E-state index contributed by atoms with van der Waals surface area (Å²) in [5.41, 5.74) is 6.52. The van der Waals surface area contributed by atoms with E-state index in [1.807, 2.05) is 0 Å². The molecule has 0 saturated heterocycles.